The molecule has 33 heavy (non-hydrogen) atoms. The molecule has 0 aliphatic carbocycles. The van der Waals surface area contributed by atoms with Crippen LogP contribution in [-0.2, 0) is 17.8 Å². The maximum Gasteiger partial charge on any atom is 0.261 e. The Bertz CT molecular complexity index is 1340. The zero-order valence-electron chi connectivity index (χ0n) is 18.2. The number of carbonyl (C=O) groups is 1. The Kier molecular flexibility index (Phi) is 5.55. The molecule has 3 aromatic heterocycles. The standard InChI is InChI=1S/C23H23N7O3/c1-2-20-26-22(27-33-20)16-7-8-19(24-13-16)28-9-11-29(12-10-28)21(31)14-30-15-25-18-6-4-3-5-17(18)23(30)32/h3-8,13,15H,2,9-12,14H2,1H3. The summed E-state index contributed by atoms with van der Waals surface area (Å²) < 4.78 is 6.53. The van der Waals surface area contributed by atoms with Crippen molar-refractivity contribution in [3.05, 3.63) is 65.2 Å². The van der Waals surface area contributed by atoms with E-state index in [4.69, 9.17) is 4.52 Å². The van der Waals surface area contributed by atoms with Crippen LogP contribution in [0.5, 0.6) is 0 Å². The van der Waals surface area contributed by atoms with Crippen LogP contribution < -0.4 is 10.5 Å². The van der Waals surface area contributed by atoms with Crippen LogP contribution in [0.25, 0.3) is 22.3 Å². The highest BCUT2D eigenvalue weighted by atomic mass is 16.5. The third kappa shape index (κ3) is 4.19. The molecule has 0 spiro atoms. The van der Waals surface area contributed by atoms with E-state index in [0.29, 0.717) is 55.2 Å². The van der Waals surface area contributed by atoms with Crippen LogP contribution in [0, 0.1) is 0 Å². The molecule has 1 aliphatic rings. The number of benzene rings is 1. The van der Waals surface area contributed by atoms with Gasteiger partial charge in [0, 0.05) is 44.4 Å². The van der Waals surface area contributed by atoms with E-state index in [2.05, 4.69) is 25.0 Å². The maximum absolute atomic E-state index is 12.8. The van der Waals surface area contributed by atoms with Gasteiger partial charge in [0.25, 0.3) is 5.56 Å². The minimum absolute atomic E-state index is 0.0198. The summed E-state index contributed by atoms with van der Waals surface area (Å²) in [5.74, 6) is 1.86. The number of pyridine rings is 1. The van der Waals surface area contributed by atoms with Crippen LogP contribution in [0.3, 0.4) is 0 Å². The predicted molar refractivity (Wildman–Crippen MR) is 122 cm³/mol. The Labute approximate surface area is 189 Å². The Morgan fingerprint density at radius 3 is 2.61 bits per heavy atom. The fraction of sp³-hybridized carbons (Fsp3) is 0.304. The molecule has 4 aromatic rings. The first kappa shape index (κ1) is 20.8. The van der Waals surface area contributed by atoms with Crippen molar-refractivity contribution in [2.45, 2.75) is 19.9 Å². The summed E-state index contributed by atoms with van der Waals surface area (Å²) in [6.07, 6.45) is 3.86. The Balaban J connectivity index is 1.21. The molecule has 0 saturated carbocycles. The van der Waals surface area contributed by atoms with Crippen molar-refractivity contribution >= 4 is 22.6 Å². The number of fused-ring (bicyclic) bond motifs is 1. The van der Waals surface area contributed by atoms with Gasteiger partial charge in [-0.05, 0) is 24.3 Å². The van der Waals surface area contributed by atoms with Gasteiger partial charge in [-0.1, -0.05) is 24.2 Å². The fourth-order valence-corrected chi connectivity index (χ4v) is 3.87. The number of piperazine rings is 1. The molecule has 168 valence electrons. The number of carbonyl (C=O) groups excluding carboxylic acids is 1. The lowest BCUT2D eigenvalue weighted by atomic mass is 10.2. The van der Waals surface area contributed by atoms with Crippen LogP contribution in [0.4, 0.5) is 5.82 Å². The summed E-state index contributed by atoms with van der Waals surface area (Å²) in [4.78, 5) is 42.5. The third-order valence-corrected chi connectivity index (χ3v) is 5.77. The number of amides is 1. The largest absolute Gasteiger partial charge is 0.353 e. The molecule has 1 aliphatic heterocycles. The SMILES string of the molecule is CCc1nc(-c2ccc(N3CCN(C(=O)Cn4cnc5ccccc5c4=O)CC3)nc2)no1. The molecule has 4 heterocycles. The van der Waals surface area contributed by atoms with E-state index in [9.17, 15) is 9.59 Å². The van der Waals surface area contributed by atoms with E-state index in [0.717, 1.165) is 11.4 Å². The van der Waals surface area contributed by atoms with Crippen molar-refractivity contribution in [2.24, 2.45) is 0 Å². The number of aryl methyl sites for hydroxylation is 1. The summed E-state index contributed by atoms with van der Waals surface area (Å²) in [5.41, 5.74) is 1.22. The number of hydrogen-bond acceptors (Lipinski definition) is 8. The van der Waals surface area contributed by atoms with Crippen molar-refractivity contribution in [3.63, 3.8) is 0 Å². The molecular formula is C23H23N7O3. The molecule has 1 amide bonds. The van der Waals surface area contributed by atoms with E-state index >= 15 is 0 Å². The van der Waals surface area contributed by atoms with E-state index in [-0.39, 0.29) is 18.0 Å². The van der Waals surface area contributed by atoms with E-state index in [1.807, 2.05) is 25.1 Å². The normalized spacial score (nSPS) is 14.1. The van der Waals surface area contributed by atoms with Crippen LogP contribution in [0.1, 0.15) is 12.8 Å². The maximum atomic E-state index is 12.8. The van der Waals surface area contributed by atoms with Crippen LogP contribution in [-0.4, -0.2) is 61.7 Å². The van der Waals surface area contributed by atoms with Gasteiger partial charge in [0.05, 0.1) is 17.2 Å². The lowest BCUT2D eigenvalue weighted by Crippen LogP contribution is -2.50. The first-order valence-corrected chi connectivity index (χ1v) is 10.9. The Morgan fingerprint density at radius 1 is 1.06 bits per heavy atom. The zero-order valence-corrected chi connectivity index (χ0v) is 18.2. The molecule has 0 N–H and O–H groups in total. The average Bonchev–Trinajstić information content (AvgIpc) is 3.35. The first-order valence-electron chi connectivity index (χ1n) is 10.9. The number of hydrogen-bond donors (Lipinski definition) is 0. The second kappa shape index (κ2) is 8.81. The number of anilines is 1. The Hall–Kier alpha value is -4.08. The predicted octanol–water partition coefficient (Wildman–Crippen LogP) is 1.75. The third-order valence-electron chi connectivity index (χ3n) is 5.77. The van der Waals surface area contributed by atoms with Crippen LogP contribution in [0.15, 0.2) is 58.2 Å². The van der Waals surface area contributed by atoms with Gasteiger partial charge in [0.2, 0.25) is 17.6 Å². The highest BCUT2D eigenvalue weighted by Crippen LogP contribution is 2.20. The quantitative estimate of drug-likeness (QED) is 0.457. The van der Waals surface area contributed by atoms with Crippen molar-refractivity contribution < 1.29 is 9.32 Å². The van der Waals surface area contributed by atoms with Crippen molar-refractivity contribution in [1.82, 2.24) is 29.6 Å². The molecule has 5 rings (SSSR count). The second-order valence-corrected chi connectivity index (χ2v) is 7.83. The second-order valence-electron chi connectivity index (χ2n) is 7.83. The van der Waals surface area contributed by atoms with Gasteiger partial charge in [0.1, 0.15) is 12.4 Å². The van der Waals surface area contributed by atoms with Crippen LogP contribution >= 0.6 is 0 Å². The van der Waals surface area contributed by atoms with E-state index in [1.165, 1.54) is 10.9 Å². The summed E-state index contributed by atoms with van der Waals surface area (Å²) >= 11 is 0. The van der Waals surface area contributed by atoms with Gasteiger partial charge in [-0.3, -0.25) is 14.2 Å². The molecular weight excluding hydrogens is 422 g/mol. The van der Waals surface area contributed by atoms with Crippen molar-refractivity contribution in [3.8, 4) is 11.4 Å². The smallest absolute Gasteiger partial charge is 0.261 e. The summed E-state index contributed by atoms with van der Waals surface area (Å²) in [6, 6.07) is 11.0. The van der Waals surface area contributed by atoms with Gasteiger partial charge in [0.15, 0.2) is 0 Å². The molecule has 0 radical (unpaired) electrons. The highest BCUT2D eigenvalue weighted by Gasteiger charge is 2.23. The van der Waals surface area contributed by atoms with Gasteiger partial charge < -0.3 is 14.3 Å². The molecule has 10 heteroatoms. The fourth-order valence-electron chi connectivity index (χ4n) is 3.87. The topological polar surface area (TPSA) is 110 Å². The zero-order chi connectivity index (χ0) is 22.8. The number of para-hydroxylation sites is 1. The lowest BCUT2D eigenvalue weighted by Gasteiger charge is -2.35. The number of aromatic nitrogens is 5. The minimum Gasteiger partial charge on any atom is -0.353 e. The molecule has 0 unspecified atom stereocenters. The monoisotopic (exact) mass is 445 g/mol. The van der Waals surface area contributed by atoms with Gasteiger partial charge in [-0.25, -0.2) is 9.97 Å². The molecule has 0 atom stereocenters. The molecule has 10 nitrogen and oxygen atoms in total. The summed E-state index contributed by atoms with van der Waals surface area (Å²) in [7, 11) is 0. The van der Waals surface area contributed by atoms with Crippen molar-refractivity contribution in [2.75, 3.05) is 31.1 Å². The number of rotatable bonds is 5. The van der Waals surface area contributed by atoms with Crippen LogP contribution in [0.2, 0.25) is 0 Å². The van der Waals surface area contributed by atoms with Crippen molar-refractivity contribution in [1.29, 1.82) is 0 Å². The molecule has 0 bridgehead atoms. The molecule has 1 fully saturated rings. The molecule has 1 saturated heterocycles. The summed E-state index contributed by atoms with van der Waals surface area (Å²) in [5, 5.41) is 4.49. The average molecular weight is 445 g/mol. The van der Waals surface area contributed by atoms with Gasteiger partial charge in [-0.15, -0.1) is 0 Å². The Morgan fingerprint density at radius 2 is 1.88 bits per heavy atom. The number of nitrogens with zero attached hydrogens (tertiary/aromatic N) is 7. The molecule has 1 aromatic carbocycles. The first-order chi connectivity index (χ1) is 16.1. The highest BCUT2D eigenvalue weighted by molar-refractivity contribution is 5.79. The van der Waals surface area contributed by atoms with Gasteiger partial charge >= 0.3 is 0 Å². The van der Waals surface area contributed by atoms with E-state index < -0.39 is 0 Å². The summed E-state index contributed by atoms with van der Waals surface area (Å²) in [6.45, 7) is 4.37. The van der Waals surface area contributed by atoms with Gasteiger partial charge in [-0.2, -0.15) is 4.98 Å². The van der Waals surface area contributed by atoms with E-state index in [1.54, 1.807) is 29.3 Å². The lowest BCUT2D eigenvalue weighted by molar-refractivity contribution is -0.132. The minimum atomic E-state index is -0.204.